The van der Waals surface area contributed by atoms with Crippen LogP contribution in [0.15, 0.2) is 18.2 Å². The van der Waals surface area contributed by atoms with Crippen molar-refractivity contribution in [3.8, 4) is 0 Å². The number of halogens is 2. The van der Waals surface area contributed by atoms with Crippen molar-refractivity contribution in [1.82, 2.24) is 5.32 Å². The standard InChI is InChI=1S/C11H13Cl2NOS/c12-10-2-1-9(11(13)3-10)7-16(15)6-8-4-14-5-8/h1-3,8,14H,4-7H2. The molecular weight excluding hydrogens is 265 g/mol. The zero-order chi connectivity index (χ0) is 11.5. The predicted octanol–water partition coefficient (Wildman–Crippen LogP) is 2.46. The summed E-state index contributed by atoms with van der Waals surface area (Å²) in [4.78, 5) is 0. The van der Waals surface area contributed by atoms with Crippen molar-refractivity contribution in [1.29, 1.82) is 0 Å². The molecule has 1 aliphatic rings. The Morgan fingerprint density at radius 3 is 2.69 bits per heavy atom. The van der Waals surface area contributed by atoms with Gasteiger partial charge in [0.1, 0.15) is 0 Å². The fourth-order valence-corrected chi connectivity index (χ4v) is 3.63. The molecule has 2 rings (SSSR count). The second-order valence-corrected chi connectivity index (χ2v) is 6.36. The zero-order valence-corrected chi connectivity index (χ0v) is 11.0. The van der Waals surface area contributed by atoms with Crippen molar-refractivity contribution < 1.29 is 4.21 Å². The molecule has 0 amide bonds. The quantitative estimate of drug-likeness (QED) is 0.916. The molecule has 0 aliphatic carbocycles. The van der Waals surface area contributed by atoms with Crippen LogP contribution in [0.4, 0.5) is 0 Å². The van der Waals surface area contributed by atoms with Gasteiger partial charge in [0, 0.05) is 39.7 Å². The van der Waals surface area contributed by atoms with E-state index in [-0.39, 0.29) is 0 Å². The lowest BCUT2D eigenvalue weighted by atomic mass is 10.1. The summed E-state index contributed by atoms with van der Waals surface area (Å²) in [6.07, 6.45) is 0. The van der Waals surface area contributed by atoms with Gasteiger partial charge >= 0.3 is 0 Å². The summed E-state index contributed by atoms with van der Waals surface area (Å²) in [5.41, 5.74) is 0.914. The number of nitrogens with one attached hydrogen (secondary N) is 1. The summed E-state index contributed by atoms with van der Waals surface area (Å²) >= 11 is 11.8. The second-order valence-electron chi connectivity index (χ2n) is 4.01. The van der Waals surface area contributed by atoms with Crippen LogP contribution >= 0.6 is 23.2 Å². The van der Waals surface area contributed by atoms with E-state index in [0.717, 1.165) is 24.4 Å². The van der Waals surface area contributed by atoms with Gasteiger partial charge in [-0.3, -0.25) is 4.21 Å². The first-order valence-electron chi connectivity index (χ1n) is 5.15. The van der Waals surface area contributed by atoms with Gasteiger partial charge in [-0.25, -0.2) is 0 Å². The number of hydrogen-bond acceptors (Lipinski definition) is 2. The van der Waals surface area contributed by atoms with Crippen molar-refractivity contribution in [3.63, 3.8) is 0 Å². The van der Waals surface area contributed by atoms with Crippen LogP contribution in [0.3, 0.4) is 0 Å². The number of rotatable bonds is 4. The molecule has 1 N–H and O–H groups in total. The SMILES string of the molecule is O=S(Cc1ccc(Cl)cc1Cl)CC1CNC1. The third kappa shape index (κ3) is 3.20. The van der Waals surface area contributed by atoms with Crippen molar-refractivity contribution >= 4 is 34.0 Å². The minimum Gasteiger partial charge on any atom is -0.316 e. The smallest absolute Gasteiger partial charge is 0.0500 e. The zero-order valence-electron chi connectivity index (χ0n) is 8.71. The van der Waals surface area contributed by atoms with Gasteiger partial charge in [-0.2, -0.15) is 0 Å². The third-order valence-corrected chi connectivity index (χ3v) is 4.68. The van der Waals surface area contributed by atoms with E-state index in [9.17, 15) is 4.21 Å². The molecule has 1 aliphatic heterocycles. The monoisotopic (exact) mass is 277 g/mol. The van der Waals surface area contributed by atoms with Crippen LogP contribution in [-0.4, -0.2) is 23.1 Å². The van der Waals surface area contributed by atoms with Gasteiger partial charge < -0.3 is 5.32 Å². The lowest BCUT2D eigenvalue weighted by Crippen LogP contribution is -2.44. The Hall–Kier alpha value is -0.0900. The average molecular weight is 278 g/mol. The van der Waals surface area contributed by atoms with Gasteiger partial charge in [0.2, 0.25) is 0 Å². The van der Waals surface area contributed by atoms with Crippen molar-refractivity contribution in [2.75, 3.05) is 18.8 Å². The summed E-state index contributed by atoms with van der Waals surface area (Å²) in [6, 6.07) is 5.33. The molecule has 1 fully saturated rings. The van der Waals surface area contributed by atoms with Crippen molar-refractivity contribution in [3.05, 3.63) is 33.8 Å². The molecule has 1 unspecified atom stereocenters. The molecule has 1 saturated heterocycles. The van der Waals surface area contributed by atoms with Crippen molar-refractivity contribution in [2.24, 2.45) is 5.92 Å². The molecule has 1 aromatic carbocycles. The van der Waals surface area contributed by atoms with Crippen LogP contribution in [0.1, 0.15) is 5.56 Å². The van der Waals surface area contributed by atoms with Crippen LogP contribution in [0.25, 0.3) is 0 Å². The summed E-state index contributed by atoms with van der Waals surface area (Å²) < 4.78 is 11.8. The van der Waals surface area contributed by atoms with E-state index in [1.165, 1.54) is 0 Å². The first-order chi connectivity index (χ1) is 7.65. The molecule has 0 radical (unpaired) electrons. The summed E-state index contributed by atoms with van der Waals surface area (Å²) in [6.45, 7) is 1.97. The Morgan fingerprint density at radius 1 is 1.38 bits per heavy atom. The highest BCUT2D eigenvalue weighted by Crippen LogP contribution is 2.22. The van der Waals surface area contributed by atoms with E-state index >= 15 is 0 Å². The maximum absolute atomic E-state index is 11.8. The molecule has 16 heavy (non-hydrogen) atoms. The summed E-state index contributed by atoms with van der Waals surface area (Å²) in [5.74, 6) is 1.84. The second kappa shape index (κ2) is 5.50. The van der Waals surface area contributed by atoms with Crippen molar-refractivity contribution in [2.45, 2.75) is 5.75 Å². The lowest BCUT2D eigenvalue weighted by molar-refractivity contribution is 0.382. The molecule has 5 heteroatoms. The molecule has 0 spiro atoms. The highest BCUT2D eigenvalue weighted by Gasteiger charge is 2.19. The van der Waals surface area contributed by atoms with E-state index < -0.39 is 10.8 Å². The molecule has 2 nitrogen and oxygen atoms in total. The fraction of sp³-hybridized carbons (Fsp3) is 0.455. The molecular formula is C11H13Cl2NOS. The minimum atomic E-state index is -0.834. The Balaban J connectivity index is 1.94. The maximum Gasteiger partial charge on any atom is 0.0500 e. The highest BCUT2D eigenvalue weighted by atomic mass is 35.5. The highest BCUT2D eigenvalue weighted by molar-refractivity contribution is 7.84. The fourth-order valence-electron chi connectivity index (χ4n) is 1.60. The third-order valence-electron chi connectivity index (χ3n) is 2.62. The van der Waals surface area contributed by atoms with E-state index in [0.29, 0.717) is 21.7 Å². The van der Waals surface area contributed by atoms with E-state index in [1.54, 1.807) is 12.1 Å². The molecule has 1 atom stereocenters. The molecule has 0 aromatic heterocycles. The molecule has 88 valence electrons. The maximum atomic E-state index is 11.8. The largest absolute Gasteiger partial charge is 0.316 e. The molecule has 1 heterocycles. The lowest BCUT2D eigenvalue weighted by Gasteiger charge is -2.26. The first kappa shape index (κ1) is 12.4. The first-order valence-corrected chi connectivity index (χ1v) is 7.39. The van der Waals surface area contributed by atoms with Gasteiger partial charge in [-0.15, -0.1) is 0 Å². The Labute approximate surface area is 108 Å². The number of benzene rings is 1. The Kier molecular flexibility index (Phi) is 4.25. The van der Waals surface area contributed by atoms with E-state index in [2.05, 4.69) is 5.32 Å². The van der Waals surface area contributed by atoms with Crippen LogP contribution in [-0.2, 0) is 16.6 Å². The van der Waals surface area contributed by atoms with E-state index in [1.807, 2.05) is 6.07 Å². The van der Waals surface area contributed by atoms with E-state index in [4.69, 9.17) is 23.2 Å². The van der Waals surface area contributed by atoms with Crippen LogP contribution in [0.2, 0.25) is 10.0 Å². The molecule has 0 saturated carbocycles. The van der Waals surface area contributed by atoms with Gasteiger partial charge in [-0.1, -0.05) is 29.3 Å². The van der Waals surface area contributed by atoms with Crippen LogP contribution in [0, 0.1) is 5.92 Å². The molecule has 1 aromatic rings. The van der Waals surface area contributed by atoms with Gasteiger partial charge in [-0.05, 0) is 23.6 Å². The Bertz CT molecular complexity index is 407. The summed E-state index contributed by atoms with van der Waals surface area (Å²) in [5, 5.41) is 4.39. The van der Waals surface area contributed by atoms with Gasteiger partial charge in [0.25, 0.3) is 0 Å². The topological polar surface area (TPSA) is 29.1 Å². The predicted molar refractivity (Wildman–Crippen MR) is 69.5 cm³/mol. The van der Waals surface area contributed by atoms with Gasteiger partial charge in [0.05, 0.1) is 5.75 Å². The van der Waals surface area contributed by atoms with Gasteiger partial charge in [0.15, 0.2) is 0 Å². The minimum absolute atomic E-state index is 0.520. The molecule has 0 bridgehead atoms. The normalized spacial score (nSPS) is 18.1. The summed E-state index contributed by atoms with van der Waals surface area (Å²) in [7, 11) is -0.834. The van der Waals surface area contributed by atoms with Crippen LogP contribution < -0.4 is 5.32 Å². The Morgan fingerprint density at radius 2 is 2.12 bits per heavy atom. The number of hydrogen-bond donors (Lipinski definition) is 1. The van der Waals surface area contributed by atoms with Crippen LogP contribution in [0.5, 0.6) is 0 Å². The average Bonchev–Trinajstić information content (AvgIpc) is 2.16.